The zero-order valence-electron chi connectivity index (χ0n) is 12.8. The van der Waals surface area contributed by atoms with E-state index in [0.29, 0.717) is 10.2 Å². The minimum atomic E-state index is -0.942. The number of esters is 1. The Morgan fingerprint density at radius 1 is 1.41 bits per heavy atom. The molecule has 0 spiro atoms. The second kappa shape index (κ2) is 7.75. The minimum Gasteiger partial charge on any atom is -0.466 e. The normalized spacial score (nSPS) is 12.8. The molecule has 1 N–H and O–H groups in total. The van der Waals surface area contributed by atoms with Crippen molar-refractivity contribution in [3.63, 3.8) is 0 Å². The number of anilines is 1. The molecule has 3 nitrogen and oxygen atoms in total. The number of carbonyl (C=O) groups excluding carboxylic acids is 1. The van der Waals surface area contributed by atoms with Gasteiger partial charge in [0.05, 0.1) is 8.48 Å². The summed E-state index contributed by atoms with van der Waals surface area (Å²) in [6, 6.07) is 11.7. The molecule has 5 heteroatoms. The number of methoxy groups -OCH3 is 1. The van der Waals surface area contributed by atoms with Gasteiger partial charge in [0.1, 0.15) is 5.82 Å². The van der Waals surface area contributed by atoms with Gasteiger partial charge in [0.2, 0.25) is 0 Å². The Hall–Kier alpha value is -2.14. The topological polar surface area (TPSA) is 38.3 Å². The number of hydrogen-bond donors (Lipinski definition) is 1. The summed E-state index contributed by atoms with van der Waals surface area (Å²) in [5.74, 6) is -0.896. The highest BCUT2D eigenvalue weighted by Crippen LogP contribution is 2.18. The zero-order valence-corrected chi connectivity index (χ0v) is 13.4. The van der Waals surface area contributed by atoms with Crippen LogP contribution in [0.25, 0.3) is 6.08 Å². The van der Waals surface area contributed by atoms with Crippen molar-refractivity contribution in [1.82, 2.24) is 0 Å². The van der Waals surface area contributed by atoms with Gasteiger partial charge in [-0.3, -0.25) is 0 Å². The van der Waals surface area contributed by atoms with Gasteiger partial charge in [-0.15, -0.1) is 0 Å². The fraction of sp³-hybridized carbons (Fsp3) is 0.118. The van der Waals surface area contributed by atoms with E-state index in [9.17, 15) is 9.18 Å². The van der Waals surface area contributed by atoms with E-state index >= 15 is 0 Å². The zero-order chi connectivity index (χ0) is 16.8. The molecule has 2 rings (SSSR count). The van der Waals surface area contributed by atoms with Gasteiger partial charge in [-0.25, -0.2) is 9.18 Å². The van der Waals surface area contributed by atoms with Crippen molar-refractivity contribution in [1.29, 1.82) is 0 Å². The molecule has 2 aromatic rings. The first-order chi connectivity index (χ1) is 11.0. The molecule has 0 fully saturated rings. The molecule has 0 radical (unpaired) electrons. The van der Waals surface area contributed by atoms with Gasteiger partial charge in [-0.2, -0.15) is 0 Å². The minimum absolute atomic E-state index is 0.253. The first kappa shape index (κ1) is 14.8. The third kappa shape index (κ3) is 4.70. The standard InChI is InChI=1S/C17H15BrFNO2/c1-22-17(21)8-5-12-3-2-4-15(9-12)20-11-13-6-7-14(18)10-16(13)19/h2-10,20H,11H2,1H3/b8-5+/i11D. The fourth-order valence-corrected chi connectivity index (χ4v) is 2.08. The first-order valence-corrected chi connectivity index (χ1v) is 7.28. The van der Waals surface area contributed by atoms with E-state index in [1.54, 1.807) is 36.4 Å². The molecular weight excluding hydrogens is 349 g/mol. The van der Waals surface area contributed by atoms with Gasteiger partial charge < -0.3 is 10.1 Å². The molecule has 0 saturated carbocycles. The molecule has 0 aromatic heterocycles. The molecule has 0 heterocycles. The number of ether oxygens (including phenoxy) is 1. The summed E-state index contributed by atoms with van der Waals surface area (Å²) >= 11 is 3.19. The van der Waals surface area contributed by atoms with E-state index in [4.69, 9.17) is 1.37 Å². The van der Waals surface area contributed by atoms with Crippen molar-refractivity contribution in [3.8, 4) is 0 Å². The summed E-state index contributed by atoms with van der Waals surface area (Å²) in [6.45, 7) is -0.942. The summed E-state index contributed by atoms with van der Waals surface area (Å²) in [5.41, 5.74) is 1.67. The van der Waals surface area contributed by atoms with E-state index < -0.39 is 18.3 Å². The number of halogens is 2. The van der Waals surface area contributed by atoms with Crippen LogP contribution < -0.4 is 5.32 Å². The van der Waals surface area contributed by atoms with Crippen LogP contribution >= 0.6 is 15.9 Å². The summed E-state index contributed by atoms with van der Waals surface area (Å²) in [5, 5.41) is 2.92. The second-order valence-corrected chi connectivity index (χ2v) is 5.35. The van der Waals surface area contributed by atoms with Crippen LogP contribution in [0.4, 0.5) is 10.1 Å². The molecule has 0 bridgehead atoms. The average molecular weight is 365 g/mol. The lowest BCUT2D eigenvalue weighted by Gasteiger charge is -2.08. The monoisotopic (exact) mass is 364 g/mol. The molecule has 1 atom stereocenters. The Kier molecular flexibility index (Phi) is 5.21. The Morgan fingerprint density at radius 2 is 2.23 bits per heavy atom. The molecule has 0 amide bonds. The van der Waals surface area contributed by atoms with Crippen LogP contribution in [0.5, 0.6) is 0 Å². The average Bonchev–Trinajstić information content (AvgIpc) is 2.52. The van der Waals surface area contributed by atoms with Gasteiger partial charge >= 0.3 is 5.97 Å². The second-order valence-electron chi connectivity index (χ2n) is 4.44. The number of benzene rings is 2. The van der Waals surface area contributed by atoms with Crippen molar-refractivity contribution >= 4 is 33.7 Å². The van der Waals surface area contributed by atoms with Crippen molar-refractivity contribution < 1.29 is 15.3 Å². The van der Waals surface area contributed by atoms with Crippen LogP contribution in [-0.4, -0.2) is 13.1 Å². The molecule has 1 unspecified atom stereocenters. The maximum absolute atomic E-state index is 13.9. The van der Waals surface area contributed by atoms with Crippen molar-refractivity contribution in [3.05, 3.63) is 70.0 Å². The van der Waals surface area contributed by atoms with E-state index in [1.807, 2.05) is 6.07 Å². The molecule has 0 aliphatic rings. The summed E-state index contributed by atoms with van der Waals surface area (Å²) in [7, 11) is 1.31. The molecular formula is C17H15BrFNO2. The third-order valence-electron chi connectivity index (χ3n) is 2.86. The largest absolute Gasteiger partial charge is 0.466 e. The number of hydrogen-bond acceptors (Lipinski definition) is 3. The molecule has 0 aliphatic carbocycles. The van der Waals surface area contributed by atoms with E-state index in [-0.39, 0.29) is 5.56 Å². The number of nitrogens with one attached hydrogen (secondary N) is 1. The SMILES string of the molecule is [2H]C(Nc1cccc(/C=C/C(=O)OC)c1)c1ccc(Br)cc1F. The summed E-state index contributed by atoms with van der Waals surface area (Å²) < 4.78 is 27.1. The highest BCUT2D eigenvalue weighted by Gasteiger charge is 2.03. The predicted molar refractivity (Wildman–Crippen MR) is 88.9 cm³/mol. The number of rotatable bonds is 5. The van der Waals surface area contributed by atoms with E-state index in [2.05, 4.69) is 26.0 Å². The van der Waals surface area contributed by atoms with Crippen molar-refractivity contribution in [2.75, 3.05) is 12.4 Å². The van der Waals surface area contributed by atoms with Crippen LogP contribution in [0.1, 0.15) is 12.5 Å². The highest BCUT2D eigenvalue weighted by molar-refractivity contribution is 9.10. The predicted octanol–water partition coefficient (Wildman–Crippen LogP) is 4.39. The van der Waals surface area contributed by atoms with Gasteiger partial charge in [0.25, 0.3) is 0 Å². The van der Waals surface area contributed by atoms with E-state index in [0.717, 1.165) is 5.56 Å². The van der Waals surface area contributed by atoms with Gasteiger partial charge in [-0.1, -0.05) is 34.1 Å². The molecule has 0 aliphatic heterocycles. The van der Waals surface area contributed by atoms with Gasteiger partial charge in [0.15, 0.2) is 0 Å². The maximum Gasteiger partial charge on any atom is 0.330 e. The summed E-state index contributed by atoms with van der Waals surface area (Å²) in [4.78, 5) is 11.1. The Labute approximate surface area is 138 Å². The molecule has 22 heavy (non-hydrogen) atoms. The van der Waals surface area contributed by atoms with Gasteiger partial charge in [0, 0.05) is 28.3 Å². The lowest BCUT2D eigenvalue weighted by molar-refractivity contribution is -0.134. The van der Waals surface area contributed by atoms with Crippen molar-refractivity contribution in [2.24, 2.45) is 0 Å². The third-order valence-corrected chi connectivity index (χ3v) is 3.35. The molecule has 0 saturated heterocycles. The smallest absolute Gasteiger partial charge is 0.330 e. The number of carbonyl (C=O) groups is 1. The van der Waals surface area contributed by atoms with Gasteiger partial charge in [-0.05, 0) is 35.9 Å². The molecule has 114 valence electrons. The van der Waals surface area contributed by atoms with Crippen LogP contribution in [0.2, 0.25) is 0 Å². The van der Waals surface area contributed by atoms with Crippen LogP contribution in [0.15, 0.2) is 53.0 Å². The quantitative estimate of drug-likeness (QED) is 0.631. The van der Waals surface area contributed by atoms with Crippen molar-refractivity contribution in [2.45, 2.75) is 6.52 Å². The Morgan fingerprint density at radius 3 is 2.95 bits per heavy atom. The Balaban J connectivity index is 2.13. The highest BCUT2D eigenvalue weighted by atomic mass is 79.9. The lowest BCUT2D eigenvalue weighted by Crippen LogP contribution is -2.01. The summed E-state index contributed by atoms with van der Waals surface area (Å²) in [6.07, 6.45) is 2.92. The first-order valence-electron chi connectivity index (χ1n) is 7.07. The lowest BCUT2D eigenvalue weighted by atomic mass is 10.1. The van der Waals surface area contributed by atoms with E-state index in [1.165, 1.54) is 19.3 Å². The van der Waals surface area contributed by atoms with Crippen LogP contribution in [0, 0.1) is 5.82 Å². The maximum atomic E-state index is 13.9. The molecule has 2 aromatic carbocycles. The van der Waals surface area contributed by atoms with Crippen LogP contribution in [-0.2, 0) is 16.1 Å². The Bertz CT molecular complexity index is 736. The van der Waals surface area contributed by atoms with Crippen LogP contribution in [0.3, 0.4) is 0 Å². The fourth-order valence-electron chi connectivity index (χ4n) is 1.74.